The summed E-state index contributed by atoms with van der Waals surface area (Å²) in [7, 11) is 0. The minimum atomic E-state index is -0.297. The Morgan fingerprint density at radius 1 is 1.42 bits per heavy atom. The van der Waals surface area contributed by atoms with E-state index in [2.05, 4.69) is 32.8 Å². The fraction of sp³-hybridized carbons (Fsp3) is 0.615. The number of aromatic nitrogens is 2. The summed E-state index contributed by atoms with van der Waals surface area (Å²) >= 11 is 0. The van der Waals surface area contributed by atoms with E-state index in [9.17, 15) is 4.79 Å². The molecule has 1 heterocycles. The van der Waals surface area contributed by atoms with Gasteiger partial charge in [-0.05, 0) is 26.2 Å². The van der Waals surface area contributed by atoms with Crippen LogP contribution in [0.2, 0.25) is 0 Å². The standard InChI is InChI=1S/C13H21N5O/c1-3-6-14-11-7-12(16-8-15-11)17-9(2)13(19)18-10-4-5-10/h7-10H,3-6H2,1-2H3,(H,18,19)(H2,14,15,16,17). The molecule has 1 unspecified atom stereocenters. The Hall–Kier alpha value is -1.85. The molecule has 1 aliphatic carbocycles. The molecule has 0 spiro atoms. The second kappa shape index (κ2) is 6.36. The Balaban J connectivity index is 1.87. The number of hydrogen-bond acceptors (Lipinski definition) is 5. The van der Waals surface area contributed by atoms with Crippen molar-refractivity contribution in [1.29, 1.82) is 0 Å². The maximum absolute atomic E-state index is 11.8. The molecule has 1 aliphatic rings. The van der Waals surface area contributed by atoms with Crippen LogP contribution in [0.3, 0.4) is 0 Å². The minimum Gasteiger partial charge on any atom is -0.370 e. The van der Waals surface area contributed by atoms with Crippen molar-refractivity contribution in [3.8, 4) is 0 Å². The van der Waals surface area contributed by atoms with Crippen LogP contribution in [0.1, 0.15) is 33.1 Å². The molecule has 0 saturated heterocycles. The number of carbonyl (C=O) groups excluding carboxylic acids is 1. The molecule has 3 N–H and O–H groups in total. The van der Waals surface area contributed by atoms with Gasteiger partial charge in [0.2, 0.25) is 5.91 Å². The summed E-state index contributed by atoms with van der Waals surface area (Å²) in [5.41, 5.74) is 0. The summed E-state index contributed by atoms with van der Waals surface area (Å²) in [6.07, 6.45) is 4.72. The largest absolute Gasteiger partial charge is 0.370 e. The number of nitrogens with zero attached hydrogens (tertiary/aromatic N) is 2. The molecule has 1 amide bonds. The lowest BCUT2D eigenvalue weighted by Gasteiger charge is -2.14. The quantitative estimate of drug-likeness (QED) is 0.692. The number of amides is 1. The van der Waals surface area contributed by atoms with Gasteiger partial charge in [0, 0.05) is 18.7 Å². The van der Waals surface area contributed by atoms with Crippen molar-refractivity contribution in [1.82, 2.24) is 15.3 Å². The van der Waals surface area contributed by atoms with Crippen LogP contribution >= 0.6 is 0 Å². The molecular weight excluding hydrogens is 242 g/mol. The molecule has 19 heavy (non-hydrogen) atoms. The molecule has 104 valence electrons. The second-order valence-electron chi connectivity index (χ2n) is 4.86. The van der Waals surface area contributed by atoms with Crippen LogP contribution < -0.4 is 16.0 Å². The first-order valence-corrected chi connectivity index (χ1v) is 6.82. The lowest BCUT2D eigenvalue weighted by Crippen LogP contribution is -2.38. The highest BCUT2D eigenvalue weighted by Gasteiger charge is 2.25. The zero-order valence-corrected chi connectivity index (χ0v) is 11.4. The Morgan fingerprint density at radius 3 is 2.84 bits per heavy atom. The minimum absolute atomic E-state index is 0.0178. The van der Waals surface area contributed by atoms with Crippen LogP contribution in [-0.2, 0) is 4.79 Å². The normalized spacial score (nSPS) is 15.7. The van der Waals surface area contributed by atoms with Crippen LogP contribution in [-0.4, -0.2) is 34.5 Å². The lowest BCUT2D eigenvalue weighted by molar-refractivity contribution is -0.121. The predicted octanol–water partition coefficient (Wildman–Crippen LogP) is 1.38. The molecule has 0 aliphatic heterocycles. The Kier molecular flexibility index (Phi) is 4.54. The molecule has 0 aromatic carbocycles. The zero-order chi connectivity index (χ0) is 13.7. The van der Waals surface area contributed by atoms with Crippen LogP contribution in [0.25, 0.3) is 0 Å². The van der Waals surface area contributed by atoms with Gasteiger partial charge in [-0.3, -0.25) is 4.79 Å². The van der Waals surface area contributed by atoms with E-state index in [1.165, 1.54) is 6.33 Å². The average Bonchev–Trinajstić information content (AvgIpc) is 3.20. The lowest BCUT2D eigenvalue weighted by atomic mass is 10.3. The number of nitrogens with one attached hydrogen (secondary N) is 3. The van der Waals surface area contributed by atoms with Crippen molar-refractivity contribution in [2.75, 3.05) is 17.2 Å². The third-order valence-corrected chi connectivity index (χ3v) is 2.90. The van der Waals surface area contributed by atoms with E-state index in [1.54, 1.807) is 0 Å². The van der Waals surface area contributed by atoms with Crippen molar-refractivity contribution < 1.29 is 4.79 Å². The maximum Gasteiger partial charge on any atom is 0.242 e. The highest BCUT2D eigenvalue weighted by Crippen LogP contribution is 2.19. The molecular formula is C13H21N5O. The fourth-order valence-electron chi connectivity index (χ4n) is 1.63. The number of hydrogen-bond donors (Lipinski definition) is 3. The smallest absolute Gasteiger partial charge is 0.242 e. The Morgan fingerprint density at radius 2 is 2.16 bits per heavy atom. The fourth-order valence-corrected chi connectivity index (χ4v) is 1.63. The number of rotatable bonds is 7. The van der Waals surface area contributed by atoms with Gasteiger partial charge in [0.05, 0.1) is 0 Å². The Bertz CT molecular complexity index is 433. The van der Waals surface area contributed by atoms with Gasteiger partial charge in [0.1, 0.15) is 24.0 Å². The van der Waals surface area contributed by atoms with Crippen molar-refractivity contribution in [2.24, 2.45) is 0 Å². The van der Waals surface area contributed by atoms with E-state index in [0.717, 1.165) is 31.6 Å². The van der Waals surface area contributed by atoms with Gasteiger partial charge in [0.15, 0.2) is 0 Å². The Labute approximate surface area is 113 Å². The van der Waals surface area contributed by atoms with Crippen molar-refractivity contribution in [2.45, 2.75) is 45.2 Å². The van der Waals surface area contributed by atoms with Gasteiger partial charge in [-0.1, -0.05) is 6.92 Å². The van der Waals surface area contributed by atoms with E-state index in [0.29, 0.717) is 11.9 Å². The highest BCUT2D eigenvalue weighted by atomic mass is 16.2. The van der Waals surface area contributed by atoms with Crippen LogP contribution in [0.4, 0.5) is 11.6 Å². The van der Waals surface area contributed by atoms with E-state index in [1.807, 2.05) is 13.0 Å². The topological polar surface area (TPSA) is 78.9 Å². The van der Waals surface area contributed by atoms with Gasteiger partial charge >= 0.3 is 0 Å². The predicted molar refractivity (Wildman–Crippen MR) is 75.1 cm³/mol. The second-order valence-corrected chi connectivity index (χ2v) is 4.86. The van der Waals surface area contributed by atoms with Gasteiger partial charge < -0.3 is 16.0 Å². The molecule has 1 aromatic heterocycles. The summed E-state index contributed by atoms with van der Waals surface area (Å²) in [4.78, 5) is 20.1. The number of anilines is 2. The van der Waals surface area contributed by atoms with Crippen molar-refractivity contribution in [3.05, 3.63) is 12.4 Å². The van der Waals surface area contributed by atoms with E-state index >= 15 is 0 Å². The van der Waals surface area contributed by atoms with Gasteiger partial charge in [-0.2, -0.15) is 0 Å². The first-order chi connectivity index (χ1) is 9.19. The van der Waals surface area contributed by atoms with Crippen LogP contribution in [0, 0.1) is 0 Å². The summed E-state index contributed by atoms with van der Waals surface area (Å²) in [6.45, 7) is 4.80. The molecule has 0 radical (unpaired) electrons. The third-order valence-electron chi connectivity index (χ3n) is 2.90. The summed E-state index contributed by atoms with van der Waals surface area (Å²) in [5, 5.41) is 9.24. The summed E-state index contributed by atoms with van der Waals surface area (Å²) in [6, 6.07) is 1.90. The van der Waals surface area contributed by atoms with Gasteiger partial charge in [-0.15, -0.1) is 0 Å². The SMILES string of the molecule is CCCNc1cc(NC(C)C(=O)NC2CC2)ncn1. The first-order valence-electron chi connectivity index (χ1n) is 6.82. The van der Waals surface area contributed by atoms with E-state index in [-0.39, 0.29) is 11.9 Å². The van der Waals surface area contributed by atoms with E-state index in [4.69, 9.17) is 0 Å². The summed E-state index contributed by atoms with van der Waals surface area (Å²) < 4.78 is 0. The molecule has 6 heteroatoms. The molecule has 1 aromatic rings. The van der Waals surface area contributed by atoms with Gasteiger partial charge in [0.25, 0.3) is 0 Å². The number of carbonyl (C=O) groups is 1. The van der Waals surface area contributed by atoms with E-state index < -0.39 is 0 Å². The average molecular weight is 263 g/mol. The van der Waals surface area contributed by atoms with Crippen molar-refractivity contribution in [3.63, 3.8) is 0 Å². The van der Waals surface area contributed by atoms with Crippen LogP contribution in [0.5, 0.6) is 0 Å². The molecule has 1 atom stereocenters. The molecule has 1 fully saturated rings. The van der Waals surface area contributed by atoms with Crippen LogP contribution in [0.15, 0.2) is 12.4 Å². The maximum atomic E-state index is 11.8. The zero-order valence-electron chi connectivity index (χ0n) is 11.4. The van der Waals surface area contributed by atoms with Crippen molar-refractivity contribution >= 4 is 17.5 Å². The van der Waals surface area contributed by atoms with Gasteiger partial charge in [-0.25, -0.2) is 9.97 Å². The molecule has 2 rings (SSSR count). The third kappa shape index (κ3) is 4.39. The molecule has 6 nitrogen and oxygen atoms in total. The molecule has 0 bridgehead atoms. The summed E-state index contributed by atoms with van der Waals surface area (Å²) in [5.74, 6) is 1.45. The first kappa shape index (κ1) is 13.6. The highest BCUT2D eigenvalue weighted by molar-refractivity contribution is 5.84. The monoisotopic (exact) mass is 263 g/mol. The molecule has 1 saturated carbocycles.